The molecule has 0 aliphatic rings. The number of carbonyl (C=O) groups excluding carboxylic acids is 1. The molecule has 0 amide bonds. The number of carboxylic acid groups (broad SMARTS) is 1. The molecule has 0 heterocycles. The molecule has 0 bridgehead atoms. The largest absolute Gasteiger partial charge is 0.480 e. The lowest BCUT2D eigenvalue weighted by molar-refractivity contribution is -0.147. The Morgan fingerprint density at radius 2 is 1.85 bits per heavy atom. The number of Topliss-reactive ketones (excluding diaryl/α,β-unsaturated/α-hetero) is 1. The van der Waals surface area contributed by atoms with Gasteiger partial charge >= 0.3 is 5.97 Å². The summed E-state index contributed by atoms with van der Waals surface area (Å²) in [6.45, 7) is 2.80. The first-order valence-corrected chi connectivity index (χ1v) is 5.34. The van der Waals surface area contributed by atoms with Crippen molar-refractivity contribution in [2.75, 3.05) is 6.54 Å². The minimum absolute atomic E-state index is 0. The van der Waals surface area contributed by atoms with E-state index >= 15 is 0 Å². The van der Waals surface area contributed by atoms with Gasteiger partial charge in [-0.3, -0.25) is 9.79 Å². The van der Waals surface area contributed by atoms with Crippen LogP contribution in [0.2, 0.25) is 0 Å². The lowest BCUT2D eigenvalue weighted by atomic mass is 9.92. The van der Waals surface area contributed by atoms with E-state index in [2.05, 4.69) is 4.99 Å². The van der Waals surface area contributed by atoms with E-state index in [0.29, 0.717) is 5.84 Å². The summed E-state index contributed by atoms with van der Waals surface area (Å²) in [5, 5.41) is 8.83. The Balaban J connectivity index is -0.00000144. The second-order valence-corrected chi connectivity index (χ2v) is 3.96. The maximum atomic E-state index is 13.3. The highest BCUT2D eigenvalue weighted by molar-refractivity contribution is 6.06. The molecule has 0 fully saturated rings. The highest BCUT2D eigenvalue weighted by Crippen LogP contribution is 2.14. The van der Waals surface area contributed by atoms with Crippen molar-refractivity contribution in [1.82, 2.24) is 0 Å². The van der Waals surface area contributed by atoms with Crippen LogP contribution in [0.4, 0.5) is 4.39 Å². The number of nitrogens with zero attached hydrogens (tertiary/aromatic N) is 1. The molecule has 0 spiro atoms. The highest BCUT2D eigenvalue weighted by Gasteiger charge is 2.38. The summed E-state index contributed by atoms with van der Waals surface area (Å²) in [6.07, 6.45) is 0.591. The SMILES string of the molecule is CC(=O)[C@@](N)(C/C=C(/F)CCN=C(C)N)C(=O)O.Cl.Cl. The molecule has 0 aromatic carbocycles. The molecule has 6 nitrogen and oxygen atoms in total. The fourth-order valence-electron chi connectivity index (χ4n) is 1.09. The summed E-state index contributed by atoms with van der Waals surface area (Å²) >= 11 is 0. The van der Waals surface area contributed by atoms with E-state index in [9.17, 15) is 14.0 Å². The molecule has 0 rings (SSSR count). The van der Waals surface area contributed by atoms with Crippen molar-refractivity contribution >= 4 is 42.4 Å². The summed E-state index contributed by atoms with van der Waals surface area (Å²) in [5.74, 6) is -2.44. The van der Waals surface area contributed by atoms with Gasteiger partial charge in [-0.25, -0.2) is 9.18 Å². The Kier molecular flexibility index (Phi) is 12.6. The van der Waals surface area contributed by atoms with Crippen LogP contribution < -0.4 is 11.5 Å². The van der Waals surface area contributed by atoms with Gasteiger partial charge in [0, 0.05) is 19.4 Å². The Hall–Kier alpha value is -1.18. The van der Waals surface area contributed by atoms with Crippen LogP contribution in [0.25, 0.3) is 0 Å². The van der Waals surface area contributed by atoms with E-state index in [0.717, 1.165) is 13.0 Å². The highest BCUT2D eigenvalue weighted by atomic mass is 35.5. The maximum absolute atomic E-state index is 13.3. The molecule has 0 radical (unpaired) electrons. The normalized spacial score (nSPS) is 14.6. The van der Waals surface area contributed by atoms with Crippen LogP contribution in [0.3, 0.4) is 0 Å². The van der Waals surface area contributed by atoms with Crippen LogP contribution in [0, 0.1) is 0 Å². The summed E-state index contributed by atoms with van der Waals surface area (Å²) in [4.78, 5) is 25.7. The fourth-order valence-corrected chi connectivity index (χ4v) is 1.09. The number of carboxylic acids is 1. The third-order valence-corrected chi connectivity index (χ3v) is 2.37. The van der Waals surface area contributed by atoms with Crippen molar-refractivity contribution in [2.45, 2.75) is 32.2 Å². The van der Waals surface area contributed by atoms with Crippen molar-refractivity contribution in [1.29, 1.82) is 0 Å². The van der Waals surface area contributed by atoms with Gasteiger partial charge in [-0.05, 0) is 19.9 Å². The van der Waals surface area contributed by atoms with E-state index in [-0.39, 0.29) is 37.8 Å². The van der Waals surface area contributed by atoms with Crippen molar-refractivity contribution in [3.8, 4) is 0 Å². The van der Waals surface area contributed by atoms with Crippen LogP contribution in [0.5, 0.6) is 0 Å². The van der Waals surface area contributed by atoms with Crippen molar-refractivity contribution in [3.63, 3.8) is 0 Å². The number of aliphatic carboxylic acids is 1. The number of carbonyl (C=O) groups is 2. The Morgan fingerprint density at radius 1 is 1.35 bits per heavy atom. The van der Waals surface area contributed by atoms with Crippen LogP contribution in [0.15, 0.2) is 16.9 Å². The van der Waals surface area contributed by atoms with Crippen molar-refractivity contribution in [2.24, 2.45) is 16.5 Å². The average molecular weight is 332 g/mol. The second-order valence-electron chi connectivity index (χ2n) is 3.96. The van der Waals surface area contributed by atoms with Gasteiger partial charge in [0.15, 0.2) is 11.3 Å². The zero-order chi connectivity index (χ0) is 14.3. The maximum Gasteiger partial charge on any atom is 0.331 e. The molecule has 0 aromatic heterocycles. The summed E-state index contributed by atoms with van der Waals surface area (Å²) < 4.78 is 13.3. The van der Waals surface area contributed by atoms with E-state index < -0.39 is 29.5 Å². The molecule has 118 valence electrons. The van der Waals surface area contributed by atoms with Gasteiger partial charge < -0.3 is 16.6 Å². The standard InChI is InChI=1S/C11H18FN3O3.2ClH/c1-7(16)11(14,10(17)18)5-3-9(12)4-6-15-8(2)13;;/h3H,4-6,14H2,1-2H3,(H2,13,15)(H,17,18);2*1H/b9-3+;;/t11-;;/m0../s1. The average Bonchev–Trinajstić information content (AvgIpc) is 2.24. The van der Waals surface area contributed by atoms with Gasteiger partial charge in [0.2, 0.25) is 0 Å². The lowest BCUT2D eigenvalue weighted by Gasteiger charge is -2.19. The predicted octanol–water partition coefficient (Wildman–Crippen LogP) is 1.21. The molecule has 5 N–H and O–H groups in total. The molecular weight excluding hydrogens is 312 g/mol. The number of aliphatic imine (C=N–C) groups is 1. The number of ketones is 1. The number of hydrogen-bond donors (Lipinski definition) is 3. The molecule has 0 saturated carbocycles. The number of hydrogen-bond acceptors (Lipinski definition) is 4. The first kappa shape index (κ1) is 23.9. The Labute approximate surface area is 129 Å². The number of amidine groups is 1. The van der Waals surface area contributed by atoms with E-state index in [1.54, 1.807) is 6.92 Å². The third-order valence-electron chi connectivity index (χ3n) is 2.37. The zero-order valence-corrected chi connectivity index (χ0v) is 12.9. The number of halogens is 3. The first-order valence-electron chi connectivity index (χ1n) is 5.34. The molecule has 9 heteroatoms. The molecule has 1 atom stereocenters. The molecule has 0 aliphatic carbocycles. The minimum Gasteiger partial charge on any atom is -0.480 e. The third kappa shape index (κ3) is 8.08. The second kappa shape index (κ2) is 10.6. The van der Waals surface area contributed by atoms with Crippen LogP contribution >= 0.6 is 24.8 Å². The molecule has 20 heavy (non-hydrogen) atoms. The fraction of sp³-hybridized carbons (Fsp3) is 0.545. The van der Waals surface area contributed by atoms with Gasteiger partial charge in [-0.2, -0.15) is 0 Å². The van der Waals surface area contributed by atoms with Crippen LogP contribution in [0.1, 0.15) is 26.7 Å². The number of rotatable bonds is 7. The first-order chi connectivity index (χ1) is 8.20. The van der Waals surface area contributed by atoms with Crippen molar-refractivity contribution in [3.05, 3.63) is 11.9 Å². The number of nitrogens with two attached hydrogens (primary N) is 2. The Morgan fingerprint density at radius 3 is 2.20 bits per heavy atom. The summed E-state index contributed by atoms with van der Waals surface area (Å²) in [5.41, 5.74) is 8.59. The van der Waals surface area contributed by atoms with E-state index in [1.165, 1.54) is 0 Å². The molecule has 0 aliphatic heterocycles. The smallest absolute Gasteiger partial charge is 0.331 e. The van der Waals surface area contributed by atoms with Gasteiger partial charge in [0.05, 0.1) is 11.7 Å². The molecule has 0 aromatic rings. The predicted molar refractivity (Wildman–Crippen MR) is 80.3 cm³/mol. The summed E-state index contributed by atoms with van der Waals surface area (Å²) in [6, 6.07) is 0. The zero-order valence-electron chi connectivity index (χ0n) is 11.3. The van der Waals surface area contributed by atoms with E-state index in [1.807, 2.05) is 0 Å². The quantitative estimate of drug-likeness (QED) is 0.368. The topological polar surface area (TPSA) is 119 Å². The van der Waals surface area contributed by atoms with Gasteiger partial charge in [-0.15, -0.1) is 24.8 Å². The van der Waals surface area contributed by atoms with Crippen LogP contribution in [-0.2, 0) is 9.59 Å². The van der Waals surface area contributed by atoms with Gasteiger partial charge in [0.1, 0.15) is 0 Å². The summed E-state index contributed by atoms with van der Waals surface area (Å²) in [7, 11) is 0. The van der Waals surface area contributed by atoms with Gasteiger partial charge in [0.25, 0.3) is 0 Å². The molecule has 0 saturated heterocycles. The van der Waals surface area contributed by atoms with Crippen molar-refractivity contribution < 1.29 is 19.1 Å². The Bertz CT molecular complexity index is 382. The minimum atomic E-state index is -2.08. The van der Waals surface area contributed by atoms with E-state index in [4.69, 9.17) is 16.6 Å². The van der Waals surface area contributed by atoms with Gasteiger partial charge in [-0.1, -0.05) is 0 Å². The van der Waals surface area contributed by atoms with Crippen LogP contribution in [-0.4, -0.2) is 34.8 Å². The monoisotopic (exact) mass is 331 g/mol. The molecular formula is C11H20Cl2FN3O3. The lowest BCUT2D eigenvalue weighted by Crippen LogP contribution is -2.53. The molecule has 0 unspecified atom stereocenters.